The summed E-state index contributed by atoms with van der Waals surface area (Å²) in [6, 6.07) is 18.6. The number of benzene rings is 3. The standard InChI is InChI=1S/C28H34N2O4S/c1-19-7-9-24(10-8-19)17-30(35(6,32)33)25-11-13-26(14-12-25)34-18-28(31)29-23(5)27-16-21(3)20(2)15-22(27)4/h7-16,23H,17-18H2,1-6H3,(H,29,31)/t23-/m0/s1. The molecule has 3 aromatic carbocycles. The molecule has 0 spiro atoms. The number of nitrogens with one attached hydrogen (secondary N) is 1. The molecule has 0 aromatic heterocycles. The molecule has 1 amide bonds. The molecule has 0 radical (unpaired) electrons. The molecular formula is C28H34N2O4S. The van der Waals surface area contributed by atoms with Crippen LogP contribution in [0.3, 0.4) is 0 Å². The Kier molecular flexibility index (Phi) is 8.22. The van der Waals surface area contributed by atoms with Gasteiger partial charge in [0.25, 0.3) is 5.91 Å². The number of hydrogen-bond acceptors (Lipinski definition) is 4. The third-order valence-electron chi connectivity index (χ3n) is 6.07. The van der Waals surface area contributed by atoms with E-state index in [9.17, 15) is 13.2 Å². The number of hydrogen-bond donors (Lipinski definition) is 1. The highest BCUT2D eigenvalue weighted by molar-refractivity contribution is 7.92. The molecule has 0 saturated carbocycles. The first-order valence-electron chi connectivity index (χ1n) is 11.6. The predicted octanol–water partition coefficient (Wildman–Crippen LogP) is 5.14. The zero-order chi connectivity index (χ0) is 25.8. The van der Waals surface area contributed by atoms with Crippen LogP contribution in [0.25, 0.3) is 0 Å². The average molecular weight is 495 g/mol. The van der Waals surface area contributed by atoms with Gasteiger partial charge < -0.3 is 10.1 Å². The topological polar surface area (TPSA) is 75.7 Å². The van der Waals surface area contributed by atoms with Gasteiger partial charge in [-0.05, 0) is 86.7 Å². The molecule has 6 nitrogen and oxygen atoms in total. The van der Waals surface area contributed by atoms with E-state index in [4.69, 9.17) is 4.74 Å². The van der Waals surface area contributed by atoms with Gasteiger partial charge in [0.2, 0.25) is 10.0 Å². The number of anilines is 1. The molecule has 0 aliphatic heterocycles. The van der Waals surface area contributed by atoms with Crippen molar-refractivity contribution in [1.82, 2.24) is 5.32 Å². The molecule has 0 aliphatic rings. The third kappa shape index (κ3) is 7.09. The van der Waals surface area contributed by atoms with Crippen LogP contribution in [-0.4, -0.2) is 27.2 Å². The van der Waals surface area contributed by atoms with Gasteiger partial charge in [0.1, 0.15) is 5.75 Å². The quantitative estimate of drug-likeness (QED) is 0.447. The first-order valence-corrected chi connectivity index (χ1v) is 13.4. The molecule has 3 aromatic rings. The van der Waals surface area contributed by atoms with Crippen molar-refractivity contribution in [2.45, 2.75) is 47.2 Å². The summed E-state index contributed by atoms with van der Waals surface area (Å²) < 4.78 is 31.9. The van der Waals surface area contributed by atoms with Gasteiger partial charge in [0.05, 0.1) is 24.5 Å². The lowest BCUT2D eigenvalue weighted by molar-refractivity contribution is -0.123. The lowest BCUT2D eigenvalue weighted by atomic mass is 9.96. The highest BCUT2D eigenvalue weighted by Gasteiger charge is 2.18. The summed E-state index contributed by atoms with van der Waals surface area (Å²) in [5, 5.41) is 2.98. The zero-order valence-corrected chi connectivity index (χ0v) is 22.1. The van der Waals surface area contributed by atoms with Crippen molar-refractivity contribution >= 4 is 21.6 Å². The van der Waals surface area contributed by atoms with Gasteiger partial charge in [-0.1, -0.05) is 42.0 Å². The fourth-order valence-corrected chi connectivity index (χ4v) is 4.82. The summed E-state index contributed by atoms with van der Waals surface area (Å²) in [7, 11) is -3.49. The van der Waals surface area contributed by atoms with E-state index in [-0.39, 0.29) is 25.1 Å². The molecule has 3 rings (SSSR count). The van der Waals surface area contributed by atoms with E-state index < -0.39 is 10.0 Å². The molecule has 0 heterocycles. The number of rotatable bonds is 9. The Labute approximate surface area is 209 Å². The van der Waals surface area contributed by atoms with Gasteiger partial charge in [0.15, 0.2) is 6.61 Å². The van der Waals surface area contributed by atoms with Crippen molar-refractivity contribution in [3.05, 3.63) is 94.0 Å². The summed E-state index contributed by atoms with van der Waals surface area (Å²) in [6.07, 6.45) is 1.19. The minimum absolute atomic E-state index is 0.132. The van der Waals surface area contributed by atoms with Crippen LogP contribution in [0.5, 0.6) is 5.75 Å². The molecule has 0 aliphatic carbocycles. The largest absolute Gasteiger partial charge is 0.484 e. The number of carbonyl (C=O) groups is 1. The van der Waals surface area contributed by atoms with Crippen molar-refractivity contribution in [2.75, 3.05) is 17.2 Å². The molecule has 1 atom stereocenters. The van der Waals surface area contributed by atoms with E-state index in [1.54, 1.807) is 24.3 Å². The van der Waals surface area contributed by atoms with Crippen LogP contribution in [0.4, 0.5) is 5.69 Å². The van der Waals surface area contributed by atoms with Crippen LogP contribution in [-0.2, 0) is 21.4 Å². The lowest BCUT2D eigenvalue weighted by Gasteiger charge is -2.23. The highest BCUT2D eigenvalue weighted by atomic mass is 32.2. The fourth-order valence-electron chi connectivity index (χ4n) is 3.93. The maximum atomic E-state index is 12.5. The zero-order valence-electron chi connectivity index (χ0n) is 21.3. The number of amides is 1. The Morgan fingerprint density at radius 3 is 2.11 bits per heavy atom. The van der Waals surface area contributed by atoms with E-state index in [1.165, 1.54) is 21.7 Å². The Balaban J connectivity index is 1.62. The molecule has 0 fully saturated rings. The van der Waals surface area contributed by atoms with Crippen LogP contribution in [0.2, 0.25) is 0 Å². The van der Waals surface area contributed by atoms with E-state index in [2.05, 4.69) is 31.3 Å². The number of sulfonamides is 1. The fraction of sp³-hybridized carbons (Fsp3) is 0.321. The lowest BCUT2D eigenvalue weighted by Crippen LogP contribution is -2.31. The first kappa shape index (κ1) is 26.3. The first-order chi connectivity index (χ1) is 16.4. The Morgan fingerprint density at radius 1 is 0.914 bits per heavy atom. The number of ether oxygens (including phenoxy) is 1. The molecule has 7 heteroatoms. The van der Waals surface area contributed by atoms with Gasteiger partial charge in [-0.15, -0.1) is 0 Å². The molecular weight excluding hydrogens is 460 g/mol. The SMILES string of the molecule is Cc1ccc(CN(c2ccc(OCC(=O)N[C@@H](C)c3cc(C)c(C)cc3C)cc2)S(C)(=O)=O)cc1. The molecule has 0 unspecified atom stereocenters. The van der Waals surface area contributed by atoms with Crippen molar-refractivity contribution in [1.29, 1.82) is 0 Å². The summed E-state index contributed by atoms with van der Waals surface area (Å²) in [5.74, 6) is 0.263. The van der Waals surface area contributed by atoms with Crippen molar-refractivity contribution in [3.63, 3.8) is 0 Å². The second kappa shape index (κ2) is 11.0. The third-order valence-corrected chi connectivity index (χ3v) is 7.21. The van der Waals surface area contributed by atoms with E-state index >= 15 is 0 Å². The van der Waals surface area contributed by atoms with Gasteiger partial charge in [-0.2, -0.15) is 0 Å². The molecule has 35 heavy (non-hydrogen) atoms. The maximum Gasteiger partial charge on any atom is 0.258 e. The van der Waals surface area contributed by atoms with Crippen molar-refractivity contribution in [3.8, 4) is 5.75 Å². The van der Waals surface area contributed by atoms with Crippen LogP contribution in [0, 0.1) is 27.7 Å². The molecule has 1 N–H and O–H groups in total. The van der Waals surface area contributed by atoms with Crippen molar-refractivity contribution in [2.24, 2.45) is 0 Å². The van der Waals surface area contributed by atoms with E-state index in [0.29, 0.717) is 11.4 Å². The minimum Gasteiger partial charge on any atom is -0.484 e. The van der Waals surface area contributed by atoms with E-state index in [0.717, 1.165) is 22.3 Å². The summed E-state index contributed by atoms with van der Waals surface area (Å²) in [4.78, 5) is 12.5. The normalized spacial score (nSPS) is 12.2. The second-order valence-electron chi connectivity index (χ2n) is 9.12. The van der Waals surface area contributed by atoms with Crippen LogP contribution in [0.1, 0.15) is 46.3 Å². The number of aryl methyl sites for hydroxylation is 4. The summed E-state index contributed by atoms with van der Waals surface area (Å²) in [5.41, 5.74) is 7.18. The van der Waals surface area contributed by atoms with Crippen molar-refractivity contribution < 1.29 is 17.9 Å². The Hall–Kier alpha value is -3.32. The van der Waals surface area contributed by atoms with Crippen LogP contribution in [0.15, 0.2) is 60.7 Å². The number of nitrogens with zero attached hydrogens (tertiary/aromatic N) is 1. The average Bonchev–Trinajstić information content (AvgIpc) is 2.79. The Morgan fingerprint density at radius 2 is 1.51 bits per heavy atom. The summed E-state index contributed by atoms with van der Waals surface area (Å²) in [6.45, 7) is 10.2. The smallest absolute Gasteiger partial charge is 0.258 e. The Bertz CT molecular complexity index is 1280. The monoisotopic (exact) mass is 494 g/mol. The van der Waals surface area contributed by atoms with Gasteiger partial charge in [0, 0.05) is 0 Å². The molecule has 0 bridgehead atoms. The van der Waals surface area contributed by atoms with Gasteiger partial charge in [-0.3, -0.25) is 9.10 Å². The second-order valence-corrected chi connectivity index (χ2v) is 11.0. The van der Waals surface area contributed by atoms with E-state index in [1.807, 2.05) is 45.0 Å². The minimum atomic E-state index is -3.49. The highest BCUT2D eigenvalue weighted by Crippen LogP contribution is 2.24. The predicted molar refractivity (Wildman–Crippen MR) is 141 cm³/mol. The molecule has 0 saturated heterocycles. The van der Waals surface area contributed by atoms with Gasteiger partial charge >= 0.3 is 0 Å². The maximum absolute atomic E-state index is 12.5. The van der Waals surface area contributed by atoms with Gasteiger partial charge in [-0.25, -0.2) is 8.42 Å². The summed E-state index contributed by atoms with van der Waals surface area (Å²) >= 11 is 0. The van der Waals surface area contributed by atoms with Crippen LogP contribution < -0.4 is 14.4 Å². The molecule has 186 valence electrons. The number of carbonyl (C=O) groups excluding carboxylic acids is 1. The van der Waals surface area contributed by atoms with Crippen LogP contribution >= 0.6 is 0 Å².